The molecule has 2 heterocycles. The molecule has 0 radical (unpaired) electrons. The van der Waals surface area contributed by atoms with Crippen LogP contribution < -0.4 is 0 Å². The molecule has 0 spiro atoms. The average molecular weight is 242 g/mol. The summed E-state index contributed by atoms with van der Waals surface area (Å²) in [6.07, 6.45) is 3.02. The maximum Gasteiger partial charge on any atom is 0.286 e. The van der Waals surface area contributed by atoms with Crippen LogP contribution in [0.1, 0.15) is 0 Å². The predicted molar refractivity (Wildman–Crippen MR) is 49.5 cm³/mol. The van der Waals surface area contributed by atoms with Crippen molar-refractivity contribution in [3.63, 3.8) is 0 Å². The van der Waals surface area contributed by atoms with E-state index in [4.69, 9.17) is 0 Å². The highest BCUT2D eigenvalue weighted by Gasteiger charge is 2.07. The van der Waals surface area contributed by atoms with E-state index in [0.717, 1.165) is 0 Å². The van der Waals surface area contributed by atoms with Gasteiger partial charge in [0.05, 0.1) is 17.3 Å². The number of hydrogen-bond acceptors (Lipinski definition) is 3. The number of imidazole rings is 1. The third kappa shape index (κ3) is 1.29. The van der Waals surface area contributed by atoms with Gasteiger partial charge in [0.1, 0.15) is 10.3 Å². The highest BCUT2D eigenvalue weighted by molar-refractivity contribution is 9.10. The van der Waals surface area contributed by atoms with Gasteiger partial charge in [0.15, 0.2) is 0 Å². The lowest BCUT2D eigenvalue weighted by Gasteiger charge is -1.94. The van der Waals surface area contributed by atoms with Crippen molar-refractivity contribution in [2.45, 2.75) is 0 Å². The monoisotopic (exact) mass is 241 g/mol. The number of rotatable bonds is 1. The van der Waals surface area contributed by atoms with Gasteiger partial charge in [0.2, 0.25) is 0 Å². The Balaban J connectivity index is 2.72. The van der Waals surface area contributed by atoms with Gasteiger partial charge in [-0.15, -0.1) is 0 Å². The fourth-order valence-electron chi connectivity index (χ4n) is 1.05. The van der Waals surface area contributed by atoms with Crippen LogP contribution in [0, 0.1) is 10.1 Å². The van der Waals surface area contributed by atoms with E-state index in [1.165, 1.54) is 12.3 Å². The van der Waals surface area contributed by atoms with E-state index in [2.05, 4.69) is 20.9 Å². The van der Waals surface area contributed by atoms with Crippen LogP contribution in [0.4, 0.5) is 5.69 Å². The first-order valence-electron chi connectivity index (χ1n) is 3.45. The molecule has 0 N–H and O–H groups in total. The Morgan fingerprint density at radius 2 is 2.31 bits per heavy atom. The molecule has 13 heavy (non-hydrogen) atoms. The molecule has 0 aliphatic heterocycles. The van der Waals surface area contributed by atoms with Gasteiger partial charge in [0.25, 0.3) is 5.69 Å². The molecule has 6 heteroatoms. The van der Waals surface area contributed by atoms with Crippen molar-refractivity contribution in [1.82, 2.24) is 9.38 Å². The minimum Gasteiger partial charge on any atom is -0.287 e. The first kappa shape index (κ1) is 8.18. The molecule has 0 unspecified atom stereocenters. The largest absolute Gasteiger partial charge is 0.287 e. The van der Waals surface area contributed by atoms with Gasteiger partial charge in [-0.1, -0.05) is 0 Å². The molecular weight excluding hydrogens is 238 g/mol. The fraction of sp³-hybridized carbons (Fsp3) is 0. The Kier molecular flexibility index (Phi) is 1.77. The molecule has 0 aliphatic rings. The summed E-state index contributed by atoms with van der Waals surface area (Å²) in [6.45, 7) is 0. The van der Waals surface area contributed by atoms with Crippen molar-refractivity contribution < 1.29 is 4.92 Å². The van der Waals surface area contributed by atoms with Crippen LogP contribution in [-0.4, -0.2) is 14.3 Å². The van der Waals surface area contributed by atoms with Gasteiger partial charge < -0.3 is 0 Å². The topological polar surface area (TPSA) is 60.4 Å². The van der Waals surface area contributed by atoms with Gasteiger partial charge in [-0.05, 0) is 22.0 Å². The summed E-state index contributed by atoms with van der Waals surface area (Å²) in [6, 6.07) is 3.03. The van der Waals surface area contributed by atoms with Crippen molar-refractivity contribution in [3.8, 4) is 0 Å². The molecule has 5 nitrogen and oxygen atoms in total. The number of fused-ring (bicyclic) bond motifs is 1. The average Bonchev–Trinajstić information content (AvgIpc) is 2.47. The summed E-state index contributed by atoms with van der Waals surface area (Å²) in [7, 11) is 0. The molecule has 0 fully saturated rings. The molecule has 0 saturated carbocycles. The second-order valence-electron chi connectivity index (χ2n) is 2.45. The first-order valence-corrected chi connectivity index (χ1v) is 4.25. The third-order valence-electron chi connectivity index (χ3n) is 1.66. The first-order chi connectivity index (χ1) is 6.18. The van der Waals surface area contributed by atoms with E-state index in [1.54, 1.807) is 16.7 Å². The Labute approximate surface area is 81.3 Å². The summed E-state index contributed by atoms with van der Waals surface area (Å²) in [5.74, 6) is 0. The summed E-state index contributed by atoms with van der Waals surface area (Å²) >= 11 is 3.23. The van der Waals surface area contributed by atoms with E-state index in [-0.39, 0.29) is 5.69 Å². The molecule has 0 atom stereocenters. The smallest absolute Gasteiger partial charge is 0.286 e. The van der Waals surface area contributed by atoms with Crippen LogP contribution in [0.2, 0.25) is 0 Å². The molecule has 0 aromatic carbocycles. The minimum atomic E-state index is -0.439. The maximum atomic E-state index is 10.4. The maximum absolute atomic E-state index is 10.4. The van der Waals surface area contributed by atoms with Crippen LogP contribution in [-0.2, 0) is 0 Å². The molecule has 0 amide bonds. The SMILES string of the molecule is O=[N+]([O-])c1ccc2ncc(Br)n2c1. The molecule has 2 rings (SSSR count). The predicted octanol–water partition coefficient (Wildman–Crippen LogP) is 2.00. The molecule has 2 aromatic rings. The number of nitro groups is 1. The van der Waals surface area contributed by atoms with Crippen molar-refractivity contribution in [3.05, 3.63) is 39.2 Å². The fourth-order valence-corrected chi connectivity index (χ4v) is 1.43. The zero-order valence-electron chi connectivity index (χ0n) is 6.35. The zero-order chi connectivity index (χ0) is 9.42. The van der Waals surface area contributed by atoms with Gasteiger partial charge in [-0.2, -0.15) is 0 Å². The highest BCUT2D eigenvalue weighted by Crippen LogP contribution is 2.17. The summed E-state index contributed by atoms with van der Waals surface area (Å²) in [5, 5.41) is 10.4. The van der Waals surface area contributed by atoms with Crippen molar-refractivity contribution in [1.29, 1.82) is 0 Å². The van der Waals surface area contributed by atoms with Crippen LogP contribution >= 0.6 is 15.9 Å². The summed E-state index contributed by atoms with van der Waals surface area (Å²) < 4.78 is 2.31. The standard InChI is InChI=1S/C7H4BrN3O2/c8-6-3-9-7-2-1-5(11(12)13)4-10(6)7/h1-4H. The zero-order valence-corrected chi connectivity index (χ0v) is 7.93. The van der Waals surface area contributed by atoms with Gasteiger partial charge in [-0.3, -0.25) is 14.5 Å². The lowest BCUT2D eigenvalue weighted by atomic mass is 10.4. The quantitative estimate of drug-likeness (QED) is 0.567. The van der Waals surface area contributed by atoms with E-state index < -0.39 is 4.92 Å². The normalized spacial score (nSPS) is 10.5. The lowest BCUT2D eigenvalue weighted by Crippen LogP contribution is -1.91. The van der Waals surface area contributed by atoms with Gasteiger partial charge in [0, 0.05) is 6.07 Å². The molecular formula is C7H4BrN3O2. The highest BCUT2D eigenvalue weighted by atomic mass is 79.9. The third-order valence-corrected chi connectivity index (χ3v) is 2.24. The second-order valence-corrected chi connectivity index (χ2v) is 3.27. The molecule has 0 aliphatic carbocycles. The van der Waals surface area contributed by atoms with Crippen LogP contribution in [0.3, 0.4) is 0 Å². The number of aromatic nitrogens is 2. The Hall–Kier alpha value is -1.43. The van der Waals surface area contributed by atoms with E-state index in [9.17, 15) is 10.1 Å². The Bertz CT molecular complexity index is 480. The van der Waals surface area contributed by atoms with Gasteiger partial charge in [-0.25, -0.2) is 4.98 Å². The molecule has 0 saturated heterocycles. The minimum absolute atomic E-state index is 0.0474. The van der Waals surface area contributed by atoms with Crippen molar-refractivity contribution in [2.75, 3.05) is 0 Å². The number of pyridine rings is 1. The molecule has 2 aromatic heterocycles. The van der Waals surface area contributed by atoms with E-state index in [1.807, 2.05) is 0 Å². The lowest BCUT2D eigenvalue weighted by molar-refractivity contribution is -0.385. The van der Waals surface area contributed by atoms with Crippen LogP contribution in [0.15, 0.2) is 29.1 Å². The van der Waals surface area contributed by atoms with Gasteiger partial charge >= 0.3 is 0 Å². The second kappa shape index (κ2) is 2.81. The summed E-state index contributed by atoms with van der Waals surface area (Å²) in [5.41, 5.74) is 0.726. The number of nitrogens with zero attached hydrogens (tertiary/aromatic N) is 3. The Morgan fingerprint density at radius 3 is 3.00 bits per heavy atom. The van der Waals surface area contributed by atoms with Crippen LogP contribution in [0.5, 0.6) is 0 Å². The Morgan fingerprint density at radius 1 is 1.54 bits per heavy atom. The van der Waals surface area contributed by atoms with Crippen LogP contribution in [0.25, 0.3) is 5.65 Å². The molecule has 0 bridgehead atoms. The number of halogens is 1. The molecule has 66 valence electrons. The van der Waals surface area contributed by atoms with Crippen molar-refractivity contribution in [2.24, 2.45) is 0 Å². The van der Waals surface area contributed by atoms with E-state index in [0.29, 0.717) is 10.3 Å². The number of hydrogen-bond donors (Lipinski definition) is 0. The van der Waals surface area contributed by atoms with Crippen molar-refractivity contribution >= 4 is 27.3 Å². The van der Waals surface area contributed by atoms with E-state index >= 15 is 0 Å². The summed E-state index contributed by atoms with van der Waals surface area (Å²) in [4.78, 5) is 14.0.